The lowest BCUT2D eigenvalue weighted by Crippen LogP contribution is -2.35. The highest BCUT2D eigenvalue weighted by Crippen LogP contribution is 2.15. The number of ether oxygens (including phenoxy) is 1. The van der Waals surface area contributed by atoms with Crippen LogP contribution in [-0.2, 0) is 9.53 Å². The van der Waals surface area contributed by atoms with Gasteiger partial charge in [0.25, 0.3) is 5.91 Å². The molecular formula is C6H11NO2. The molecular weight excluding hydrogens is 118 g/mol. The summed E-state index contributed by atoms with van der Waals surface area (Å²) in [6.07, 6.45) is -0.292. The van der Waals surface area contributed by atoms with Crippen LogP contribution in [0, 0.1) is 0 Å². The van der Waals surface area contributed by atoms with Crippen molar-refractivity contribution in [2.45, 2.75) is 32.6 Å². The van der Waals surface area contributed by atoms with E-state index in [0.29, 0.717) is 0 Å². The minimum atomic E-state index is -0.462. The number of nitrogens with one attached hydrogen (secondary N) is 1. The van der Waals surface area contributed by atoms with Gasteiger partial charge < -0.3 is 10.1 Å². The Bertz CT molecular complexity index is 142. The van der Waals surface area contributed by atoms with Crippen molar-refractivity contribution in [1.82, 2.24) is 5.32 Å². The van der Waals surface area contributed by atoms with E-state index in [1.165, 1.54) is 0 Å². The average Bonchev–Trinajstić information content (AvgIpc) is 1.79. The summed E-state index contributed by atoms with van der Waals surface area (Å²) in [6, 6.07) is 0. The molecule has 3 heteroatoms. The van der Waals surface area contributed by atoms with E-state index in [4.69, 9.17) is 4.74 Å². The van der Waals surface area contributed by atoms with Gasteiger partial charge in [0.2, 0.25) is 0 Å². The summed E-state index contributed by atoms with van der Waals surface area (Å²) in [7, 11) is 0. The van der Waals surface area contributed by atoms with E-state index in [2.05, 4.69) is 5.32 Å². The smallest absolute Gasteiger partial charge is 0.251 e. The van der Waals surface area contributed by atoms with Crippen molar-refractivity contribution in [2.24, 2.45) is 0 Å². The second-order valence-corrected chi connectivity index (χ2v) is 2.76. The van der Waals surface area contributed by atoms with Crippen LogP contribution < -0.4 is 5.32 Å². The first-order chi connectivity index (χ1) is 4.01. The van der Waals surface area contributed by atoms with E-state index in [-0.39, 0.29) is 12.0 Å². The van der Waals surface area contributed by atoms with Gasteiger partial charge in [-0.3, -0.25) is 4.79 Å². The molecule has 1 rings (SSSR count). The van der Waals surface area contributed by atoms with Gasteiger partial charge in [-0.1, -0.05) is 0 Å². The summed E-state index contributed by atoms with van der Waals surface area (Å²) in [4.78, 5) is 10.8. The third kappa shape index (κ3) is 1.21. The number of hydrogen-bond acceptors (Lipinski definition) is 2. The minimum absolute atomic E-state index is 0.0278. The molecule has 1 aliphatic rings. The number of carbonyl (C=O) groups excluding carboxylic acids is 1. The topological polar surface area (TPSA) is 38.3 Å². The number of amides is 1. The monoisotopic (exact) mass is 129 g/mol. The van der Waals surface area contributed by atoms with E-state index in [9.17, 15) is 4.79 Å². The van der Waals surface area contributed by atoms with Crippen LogP contribution >= 0.6 is 0 Å². The summed E-state index contributed by atoms with van der Waals surface area (Å²) in [5.74, 6) is -0.0278. The zero-order valence-electron chi connectivity index (χ0n) is 5.89. The molecule has 1 fully saturated rings. The van der Waals surface area contributed by atoms with Gasteiger partial charge >= 0.3 is 0 Å². The molecule has 1 N–H and O–H groups in total. The van der Waals surface area contributed by atoms with Gasteiger partial charge in [0.15, 0.2) is 0 Å². The lowest BCUT2D eigenvalue weighted by molar-refractivity contribution is -0.123. The van der Waals surface area contributed by atoms with Crippen molar-refractivity contribution in [3.05, 3.63) is 0 Å². The van der Waals surface area contributed by atoms with Crippen LogP contribution in [0.3, 0.4) is 0 Å². The van der Waals surface area contributed by atoms with Crippen molar-refractivity contribution in [1.29, 1.82) is 0 Å². The summed E-state index contributed by atoms with van der Waals surface area (Å²) in [5, 5.41) is 2.68. The molecule has 0 unspecified atom stereocenters. The maximum atomic E-state index is 10.8. The largest absolute Gasteiger partial charge is 0.344 e. The molecule has 9 heavy (non-hydrogen) atoms. The molecule has 1 aliphatic heterocycles. The van der Waals surface area contributed by atoms with Crippen LogP contribution in [0.2, 0.25) is 0 Å². The number of hydrogen-bond donors (Lipinski definition) is 1. The van der Waals surface area contributed by atoms with Gasteiger partial charge in [0.1, 0.15) is 11.8 Å². The Kier molecular flexibility index (Phi) is 1.24. The lowest BCUT2D eigenvalue weighted by Gasteiger charge is -2.15. The highest BCUT2D eigenvalue weighted by molar-refractivity contribution is 5.82. The second kappa shape index (κ2) is 1.70. The van der Waals surface area contributed by atoms with Gasteiger partial charge in [0.05, 0.1) is 0 Å². The first kappa shape index (κ1) is 6.55. The molecule has 1 amide bonds. The zero-order valence-corrected chi connectivity index (χ0v) is 5.89. The summed E-state index contributed by atoms with van der Waals surface area (Å²) < 4.78 is 5.20. The molecule has 0 aromatic rings. The van der Waals surface area contributed by atoms with Crippen LogP contribution in [-0.4, -0.2) is 17.7 Å². The maximum Gasteiger partial charge on any atom is 0.251 e. The quantitative estimate of drug-likeness (QED) is 0.509. The van der Waals surface area contributed by atoms with Crippen molar-refractivity contribution >= 4 is 5.91 Å². The van der Waals surface area contributed by atoms with Crippen LogP contribution in [0.4, 0.5) is 0 Å². The van der Waals surface area contributed by atoms with Crippen LogP contribution in [0.5, 0.6) is 0 Å². The Labute approximate surface area is 54.4 Å². The van der Waals surface area contributed by atoms with Crippen molar-refractivity contribution in [3.8, 4) is 0 Å². The Morgan fingerprint density at radius 2 is 2.22 bits per heavy atom. The number of carbonyl (C=O) groups is 1. The highest BCUT2D eigenvalue weighted by Gasteiger charge is 2.34. The SMILES string of the molecule is C[C@@H]1OC(C)(C)NC1=O. The second-order valence-electron chi connectivity index (χ2n) is 2.76. The van der Waals surface area contributed by atoms with Gasteiger partial charge in [-0.05, 0) is 20.8 Å². The van der Waals surface area contributed by atoms with E-state index in [0.717, 1.165) is 0 Å². The molecule has 0 radical (unpaired) electrons. The third-order valence-electron chi connectivity index (χ3n) is 1.26. The van der Waals surface area contributed by atoms with Crippen LogP contribution in [0.1, 0.15) is 20.8 Å². The Morgan fingerprint density at radius 1 is 1.67 bits per heavy atom. The van der Waals surface area contributed by atoms with E-state index < -0.39 is 5.72 Å². The molecule has 0 spiro atoms. The lowest BCUT2D eigenvalue weighted by atomic mass is 10.3. The first-order valence-corrected chi connectivity index (χ1v) is 3.01. The number of rotatable bonds is 0. The first-order valence-electron chi connectivity index (χ1n) is 3.01. The fraction of sp³-hybridized carbons (Fsp3) is 0.833. The van der Waals surface area contributed by atoms with Gasteiger partial charge in [-0.25, -0.2) is 0 Å². The summed E-state index contributed by atoms with van der Waals surface area (Å²) >= 11 is 0. The molecule has 1 atom stereocenters. The van der Waals surface area contributed by atoms with Crippen molar-refractivity contribution < 1.29 is 9.53 Å². The van der Waals surface area contributed by atoms with Gasteiger partial charge in [-0.15, -0.1) is 0 Å². The van der Waals surface area contributed by atoms with Gasteiger partial charge in [-0.2, -0.15) is 0 Å². The molecule has 0 aliphatic carbocycles. The highest BCUT2D eigenvalue weighted by atomic mass is 16.5. The van der Waals surface area contributed by atoms with Gasteiger partial charge in [0, 0.05) is 0 Å². The molecule has 1 saturated heterocycles. The minimum Gasteiger partial charge on any atom is -0.344 e. The standard InChI is InChI=1S/C6H11NO2/c1-4-5(8)7-6(2,3)9-4/h4H,1-3H3,(H,7,8)/t4-/m0/s1. The molecule has 52 valence electrons. The predicted molar refractivity (Wildman–Crippen MR) is 32.8 cm³/mol. The molecule has 1 heterocycles. The average molecular weight is 129 g/mol. The molecule has 0 bridgehead atoms. The molecule has 0 aromatic carbocycles. The van der Waals surface area contributed by atoms with Crippen LogP contribution in [0.15, 0.2) is 0 Å². The third-order valence-corrected chi connectivity index (χ3v) is 1.26. The van der Waals surface area contributed by atoms with Crippen molar-refractivity contribution in [3.63, 3.8) is 0 Å². The maximum absolute atomic E-state index is 10.8. The molecule has 0 aromatic heterocycles. The molecule has 3 nitrogen and oxygen atoms in total. The fourth-order valence-corrected chi connectivity index (χ4v) is 0.923. The van der Waals surface area contributed by atoms with E-state index in [1.807, 2.05) is 13.8 Å². The van der Waals surface area contributed by atoms with Crippen molar-refractivity contribution in [2.75, 3.05) is 0 Å². The van der Waals surface area contributed by atoms with Crippen LogP contribution in [0.25, 0.3) is 0 Å². The van der Waals surface area contributed by atoms with E-state index >= 15 is 0 Å². The normalized spacial score (nSPS) is 32.3. The van der Waals surface area contributed by atoms with E-state index in [1.54, 1.807) is 6.92 Å². The Balaban J connectivity index is 2.65. The summed E-state index contributed by atoms with van der Waals surface area (Å²) in [5.41, 5.74) is -0.462. The Morgan fingerprint density at radius 3 is 2.33 bits per heavy atom. The summed E-state index contributed by atoms with van der Waals surface area (Å²) in [6.45, 7) is 5.40. The predicted octanol–water partition coefficient (Wildman–Crippen LogP) is 0.257. The molecule has 0 saturated carbocycles. The Hall–Kier alpha value is -0.570. The zero-order chi connectivity index (χ0) is 7.07. The fourth-order valence-electron chi connectivity index (χ4n) is 0.923.